The highest BCUT2D eigenvalue weighted by atomic mass is 16.2. The number of benzene rings is 1. The molecule has 1 aliphatic rings. The first-order chi connectivity index (χ1) is 12.9. The lowest BCUT2D eigenvalue weighted by Gasteiger charge is -2.32. The van der Waals surface area contributed by atoms with E-state index in [-0.39, 0.29) is 11.9 Å². The predicted molar refractivity (Wildman–Crippen MR) is 104 cm³/mol. The van der Waals surface area contributed by atoms with Crippen LogP contribution in [0.5, 0.6) is 0 Å². The summed E-state index contributed by atoms with van der Waals surface area (Å²) in [6.07, 6.45) is 0. The van der Waals surface area contributed by atoms with Gasteiger partial charge in [0.1, 0.15) is 5.82 Å². The number of hydrogen-bond donors (Lipinski definition) is 2. The van der Waals surface area contributed by atoms with Gasteiger partial charge in [0.2, 0.25) is 0 Å². The first-order valence-electron chi connectivity index (χ1n) is 9.04. The topological polar surface area (TPSA) is 82.5 Å². The normalized spacial score (nSPS) is 14.9. The molecule has 0 atom stereocenters. The van der Waals surface area contributed by atoms with Crippen molar-refractivity contribution in [2.75, 3.05) is 38.5 Å². The van der Waals surface area contributed by atoms with Crippen LogP contribution in [0.3, 0.4) is 0 Å². The molecule has 1 aliphatic heterocycles. The number of anilines is 1. The van der Waals surface area contributed by atoms with Crippen molar-refractivity contribution in [1.29, 1.82) is 0 Å². The highest BCUT2D eigenvalue weighted by molar-refractivity contribution is 5.94. The molecule has 1 fully saturated rings. The van der Waals surface area contributed by atoms with E-state index in [9.17, 15) is 9.59 Å². The molecule has 0 aliphatic carbocycles. The Morgan fingerprint density at radius 2 is 1.74 bits per heavy atom. The van der Waals surface area contributed by atoms with Gasteiger partial charge in [-0.3, -0.25) is 14.8 Å². The van der Waals surface area contributed by atoms with Crippen LogP contribution in [0, 0.1) is 6.92 Å². The van der Waals surface area contributed by atoms with Crippen molar-refractivity contribution in [3.05, 3.63) is 47.2 Å². The van der Waals surface area contributed by atoms with Crippen LogP contribution in [0.1, 0.15) is 21.6 Å². The zero-order valence-electron chi connectivity index (χ0n) is 16.0. The van der Waals surface area contributed by atoms with Gasteiger partial charge >= 0.3 is 6.03 Å². The van der Waals surface area contributed by atoms with Crippen molar-refractivity contribution >= 4 is 17.8 Å². The number of hydrogen-bond acceptors (Lipinski definition) is 4. The van der Waals surface area contributed by atoms with E-state index in [1.165, 1.54) is 0 Å². The average molecular weight is 370 g/mol. The molecule has 144 valence electrons. The maximum atomic E-state index is 12.5. The largest absolute Gasteiger partial charge is 0.336 e. The van der Waals surface area contributed by atoms with E-state index < -0.39 is 0 Å². The summed E-state index contributed by atoms with van der Waals surface area (Å²) in [6.45, 7) is 5.57. The zero-order valence-corrected chi connectivity index (χ0v) is 16.0. The molecule has 8 nitrogen and oxygen atoms in total. The van der Waals surface area contributed by atoms with Crippen LogP contribution < -0.4 is 10.6 Å². The van der Waals surface area contributed by atoms with E-state index in [1.54, 1.807) is 17.8 Å². The third-order valence-corrected chi connectivity index (χ3v) is 4.69. The maximum absolute atomic E-state index is 12.5. The molecule has 0 unspecified atom stereocenters. The number of carbonyl (C=O) groups excluding carboxylic acids is 2. The average Bonchev–Trinajstić information content (AvgIpc) is 2.97. The van der Waals surface area contributed by atoms with E-state index in [0.717, 1.165) is 37.4 Å². The molecule has 1 aromatic heterocycles. The number of likely N-dealkylation sites (N-methyl/N-ethyl adjacent to an activating group) is 1. The van der Waals surface area contributed by atoms with Crippen molar-refractivity contribution in [1.82, 2.24) is 24.9 Å². The molecule has 0 bridgehead atoms. The zero-order chi connectivity index (χ0) is 19.4. The van der Waals surface area contributed by atoms with Crippen LogP contribution in [0.25, 0.3) is 0 Å². The lowest BCUT2D eigenvalue weighted by molar-refractivity contribution is 0.0664. The number of carbonyl (C=O) groups is 2. The third-order valence-electron chi connectivity index (χ3n) is 4.69. The van der Waals surface area contributed by atoms with Crippen molar-refractivity contribution in [3.8, 4) is 0 Å². The number of nitrogens with zero attached hydrogens (tertiary/aromatic N) is 4. The Labute approximate surface area is 159 Å². The molecule has 3 rings (SSSR count). The molecular formula is C19H26N6O2. The summed E-state index contributed by atoms with van der Waals surface area (Å²) in [7, 11) is 3.84. The van der Waals surface area contributed by atoms with Crippen LogP contribution in [0.2, 0.25) is 0 Å². The second-order valence-electron chi connectivity index (χ2n) is 6.89. The minimum Gasteiger partial charge on any atom is -0.336 e. The van der Waals surface area contributed by atoms with Crippen molar-refractivity contribution < 1.29 is 9.59 Å². The summed E-state index contributed by atoms with van der Waals surface area (Å²) in [5, 5.41) is 9.76. The van der Waals surface area contributed by atoms with E-state index >= 15 is 0 Å². The maximum Gasteiger partial charge on any atom is 0.320 e. The first kappa shape index (κ1) is 18.9. The van der Waals surface area contributed by atoms with Crippen LogP contribution in [-0.4, -0.2) is 64.7 Å². The summed E-state index contributed by atoms with van der Waals surface area (Å²) < 4.78 is 1.62. The molecular weight excluding hydrogens is 344 g/mol. The lowest BCUT2D eigenvalue weighted by Crippen LogP contribution is -2.47. The van der Waals surface area contributed by atoms with Gasteiger partial charge in [-0.25, -0.2) is 4.79 Å². The lowest BCUT2D eigenvalue weighted by atomic mass is 10.1. The van der Waals surface area contributed by atoms with Gasteiger partial charge in [-0.2, -0.15) is 5.10 Å². The highest BCUT2D eigenvalue weighted by Gasteiger charge is 2.20. The number of aryl methyl sites for hydroxylation is 2. The van der Waals surface area contributed by atoms with Gasteiger partial charge < -0.3 is 15.1 Å². The molecule has 1 saturated heterocycles. The van der Waals surface area contributed by atoms with Gasteiger partial charge in [-0.05, 0) is 31.7 Å². The fourth-order valence-corrected chi connectivity index (χ4v) is 3.03. The molecule has 0 spiro atoms. The molecule has 2 heterocycles. The highest BCUT2D eigenvalue weighted by Crippen LogP contribution is 2.11. The summed E-state index contributed by atoms with van der Waals surface area (Å²) in [4.78, 5) is 28.7. The predicted octanol–water partition coefficient (Wildman–Crippen LogP) is 1.44. The molecule has 2 aromatic rings. The van der Waals surface area contributed by atoms with Crippen LogP contribution in [0.15, 0.2) is 30.3 Å². The number of piperazine rings is 1. The standard InChI is InChI=1S/C19H26N6O2/c1-14-12-17(24(3)22-14)21-19(27)20-13-15-4-6-16(7-5-15)18(26)25-10-8-23(2)9-11-25/h4-7,12H,8-11,13H2,1-3H3,(H2,20,21,27). The summed E-state index contributed by atoms with van der Waals surface area (Å²) in [5.74, 6) is 0.699. The van der Waals surface area contributed by atoms with Crippen LogP contribution >= 0.6 is 0 Å². The van der Waals surface area contributed by atoms with Gasteiger partial charge in [-0.1, -0.05) is 12.1 Å². The Morgan fingerprint density at radius 1 is 1.07 bits per heavy atom. The first-order valence-corrected chi connectivity index (χ1v) is 9.04. The van der Waals surface area contributed by atoms with Crippen LogP contribution in [0.4, 0.5) is 10.6 Å². The molecule has 27 heavy (non-hydrogen) atoms. The summed E-state index contributed by atoms with van der Waals surface area (Å²) >= 11 is 0. The summed E-state index contributed by atoms with van der Waals surface area (Å²) in [5.41, 5.74) is 2.45. The van der Waals surface area contributed by atoms with E-state index in [2.05, 4.69) is 27.7 Å². The summed E-state index contributed by atoms with van der Waals surface area (Å²) in [6, 6.07) is 8.89. The molecule has 8 heteroatoms. The van der Waals surface area contributed by atoms with Gasteiger partial charge in [0.05, 0.1) is 5.69 Å². The van der Waals surface area contributed by atoms with Gasteiger partial charge in [-0.15, -0.1) is 0 Å². The Bertz CT molecular complexity index is 806. The molecule has 0 saturated carbocycles. The van der Waals surface area contributed by atoms with Crippen molar-refractivity contribution in [2.24, 2.45) is 7.05 Å². The Kier molecular flexibility index (Phi) is 5.75. The number of amides is 3. The fraction of sp³-hybridized carbons (Fsp3) is 0.421. The monoisotopic (exact) mass is 370 g/mol. The molecule has 1 aromatic carbocycles. The number of nitrogens with one attached hydrogen (secondary N) is 2. The second-order valence-corrected chi connectivity index (χ2v) is 6.89. The Balaban J connectivity index is 1.51. The minimum atomic E-state index is -0.296. The van der Waals surface area contributed by atoms with E-state index in [0.29, 0.717) is 17.9 Å². The van der Waals surface area contributed by atoms with Crippen molar-refractivity contribution in [2.45, 2.75) is 13.5 Å². The van der Waals surface area contributed by atoms with E-state index in [4.69, 9.17) is 0 Å². The fourth-order valence-electron chi connectivity index (χ4n) is 3.03. The Hall–Kier alpha value is -2.87. The van der Waals surface area contributed by atoms with Gasteiger partial charge in [0.15, 0.2) is 0 Å². The second kappa shape index (κ2) is 8.22. The van der Waals surface area contributed by atoms with Gasteiger partial charge in [0.25, 0.3) is 5.91 Å². The third kappa shape index (κ3) is 4.85. The van der Waals surface area contributed by atoms with E-state index in [1.807, 2.05) is 36.1 Å². The SMILES string of the molecule is Cc1cc(NC(=O)NCc2ccc(C(=O)N3CCN(C)CC3)cc2)n(C)n1. The quantitative estimate of drug-likeness (QED) is 0.853. The number of urea groups is 1. The number of rotatable bonds is 4. The molecule has 2 N–H and O–H groups in total. The Morgan fingerprint density at radius 3 is 2.33 bits per heavy atom. The minimum absolute atomic E-state index is 0.0620. The number of aromatic nitrogens is 2. The smallest absolute Gasteiger partial charge is 0.320 e. The van der Waals surface area contributed by atoms with Crippen molar-refractivity contribution in [3.63, 3.8) is 0 Å². The molecule has 0 radical (unpaired) electrons. The van der Waals surface area contributed by atoms with Crippen LogP contribution in [-0.2, 0) is 13.6 Å². The van der Waals surface area contributed by atoms with Gasteiger partial charge in [0, 0.05) is 51.4 Å². The molecule has 3 amide bonds.